The van der Waals surface area contributed by atoms with Crippen LogP contribution in [0.5, 0.6) is 17.2 Å². The number of hydrogen-bond donors (Lipinski definition) is 2. The number of nitrogens with two attached hydrogens (primary N) is 1. The van der Waals surface area contributed by atoms with Crippen LogP contribution in [0.2, 0.25) is 0 Å². The van der Waals surface area contributed by atoms with Crippen LogP contribution in [0.25, 0.3) is 0 Å². The molecule has 0 spiro atoms. The lowest BCUT2D eigenvalue weighted by molar-refractivity contribution is 0.0949. The second kappa shape index (κ2) is 10.1. The molecule has 1 aromatic rings. The number of carbonyl (C=O) groups is 1. The molecule has 1 amide bonds. The number of nitrogens with one attached hydrogen (secondary N) is 1. The molecule has 120 valence electrons. The van der Waals surface area contributed by atoms with Gasteiger partial charge in [0.1, 0.15) is 5.75 Å². The number of hydrogen-bond acceptors (Lipinski definition) is 5. The van der Waals surface area contributed by atoms with Crippen molar-refractivity contribution in [3.8, 4) is 17.2 Å². The van der Waals surface area contributed by atoms with E-state index in [1.807, 2.05) is 0 Å². The first-order chi connectivity index (χ1) is 9.67. The number of benzene rings is 1. The molecule has 0 saturated heterocycles. The van der Waals surface area contributed by atoms with E-state index in [-0.39, 0.29) is 18.3 Å². The van der Waals surface area contributed by atoms with Crippen LogP contribution in [0, 0.1) is 0 Å². The molecule has 0 aliphatic carbocycles. The largest absolute Gasteiger partial charge is 0.496 e. The van der Waals surface area contributed by atoms with Gasteiger partial charge in [-0.3, -0.25) is 4.79 Å². The minimum Gasteiger partial charge on any atom is -0.496 e. The molecule has 6 nitrogen and oxygen atoms in total. The Morgan fingerprint density at radius 2 is 1.62 bits per heavy atom. The Morgan fingerprint density at radius 3 is 2.14 bits per heavy atom. The van der Waals surface area contributed by atoms with Crippen molar-refractivity contribution in [1.82, 2.24) is 5.32 Å². The van der Waals surface area contributed by atoms with Gasteiger partial charge in [0.25, 0.3) is 5.91 Å². The van der Waals surface area contributed by atoms with Crippen molar-refractivity contribution < 1.29 is 19.0 Å². The van der Waals surface area contributed by atoms with E-state index >= 15 is 0 Å². The molecule has 1 aromatic carbocycles. The summed E-state index contributed by atoms with van der Waals surface area (Å²) in [6, 6.07) is 3.24. The Hall–Kier alpha value is -1.66. The predicted molar refractivity (Wildman–Crippen MR) is 84.0 cm³/mol. The minimum atomic E-state index is -0.208. The molecule has 1 rings (SSSR count). The van der Waals surface area contributed by atoms with Gasteiger partial charge in [-0.15, -0.1) is 12.4 Å². The summed E-state index contributed by atoms with van der Waals surface area (Å²) < 4.78 is 15.6. The highest BCUT2D eigenvalue weighted by atomic mass is 35.5. The Bertz CT molecular complexity index is 455. The third-order valence-electron chi connectivity index (χ3n) is 2.87. The van der Waals surface area contributed by atoms with E-state index in [4.69, 9.17) is 19.9 Å². The average Bonchev–Trinajstić information content (AvgIpc) is 2.49. The van der Waals surface area contributed by atoms with Gasteiger partial charge in [-0.2, -0.15) is 0 Å². The topological polar surface area (TPSA) is 82.8 Å². The Labute approximate surface area is 131 Å². The van der Waals surface area contributed by atoms with Crippen molar-refractivity contribution in [2.75, 3.05) is 34.4 Å². The number of methoxy groups -OCH3 is 3. The molecule has 0 aliphatic heterocycles. The standard InChI is InChI=1S/C14H22N2O4.ClH/c1-18-11-9-13(20-3)12(19-2)8-10(11)14(17)16-7-5-4-6-15;/h8-9H,4-7,15H2,1-3H3,(H,16,17);1H. The monoisotopic (exact) mass is 318 g/mol. The second-order valence-corrected chi connectivity index (χ2v) is 4.16. The molecule has 0 unspecified atom stereocenters. The van der Waals surface area contributed by atoms with Crippen molar-refractivity contribution in [3.05, 3.63) is 17.7 Å². The Balaban J connectivity index is 0.00000400. The number of carbonyl (C=O) groups excluding carboxylic acids is 1. The predicted octanol–water partition coefficient (Wildman–Crippen LogP) is 1.60. The molecule has 0 saturated carbocycles. The van der Waals surface area contributed by atoms with Crippen molar-refractivity contribution in [3.63, 3.8) is 0 Å². The first-order valence-corrected chi connectivity index (χ1v) is 6.46. The van der Waals surface area contributed by atoms with Crippen LogP contribution in [0.4, 0.5) is 0 Å². The van der Waals surface area contributed by atoms with Crippen LogP contribution in [0.3, 0.4) is 0 Å². The number of amides is 1. The summed E-state index contributed by atoms with van der Waals surface area (Å²) in [7, 11) is 4.56. The van der Waals surface area contributed by atoms with Crippen molar-refractivity contribution in [2.45, 2.75) is 12.8 Å². The highest BCUT2D eigenvalue weighted by molar-refractivity contribution is 5.97. The lowest BCUT2D eigenvalue weighted by atomic mass is 10.1. The molecule has 0 aliphatic rings. The number of ether oxygens (including phenoxy) is 3. The molecule has 21 heavy (non-hydrogen) atoms. The maximum absolute atomic E-state index is 12.1. The minimum absolute atomic E-state index is 0. The molecule has 0 bridgehead atoms. The number of unbranched alkanes of at least 4 members (excludes halogenated alkanes) is 1. The average molecular weight is 319 g/mol. The van der Waals surface area contributed by atoms with Gasteiger partial charge in [0, 0.05) is 18.7 Å². The Morgan fingerprint density at radius 1 is 1.05 bits per heavy atom. The van der Waals surface area contributed by atoms with Crippen LogP contribution < -0.4 is 25.3 Å². The molecule has 0 aromatic heterocycles. The summed E-state index contributed by atoms with van der Waals surface area (Å²) in [6.45, 7) is 1.20. The summed E-state index contributed by atoms with van der Waals surface area (Å²) in [6.07, 6.45) is 1.72. The van der Waals surface area contributed by atoms with Crippen LogP contribution in [0.15, 0.2) is 12.1 Å². The zero-order chi connectivity index (χ0) is 15.0. The van der Waals surface area contributed by atoms with Gasteiger partial charge in [0.2, 0.25) is 0 Å². The van der Waals surface area contributed by atoms with Crippen LogP contribution in [0.1, 0.15) is 23.2 Å². The fourth-order valence-electron chi connectivity index (χ4n) is 1.77. The first-order valence-electron chi connectivity index (χ1n) is 6.46. The maximum Gasteiger partial charge on any atom is 0.255 e. The quantitative estimate of drug-likeness (QED) is 0.711. The zero-order valence-electron chi connectivity index (χ0n) is 12.6. The lowest BCUT2D eigenvalue weighted by Gasteiger charge is -2.14. The van der Waals surface area contributed by atoms with E-state index in [0.29, 0.717) is 35.9 Å². The fourth-order valence-corrected chi connectivity index (χ4v) is 1.77. The summed E-state index contributed by atoms with van der Waals surface area (Å²) >= 11 is 0. The zero-order valence-corrected chi connectivity index (χ0v) is 13.4. The van der Waals surface area contributed by atoms with Crippen LogP contribution in [-0.4, -0.2) is 40.3 Å². The van der Waals surface area contributed by atoms with Gasteiger partial charge in [-0.1, -0.05) is 0 Å². The fraction of sp³-hybridized carbons (Fsp3) is 0.500. The smallest absolute Gasteiger partial charge is 0.255 e. The van der Waals surface area contributed by atoms with Gasteiger partial charge < -0.3 is 25.3 Å². The van der Waals surface area contributed by atoms with Crippen molar-refractivity contribution >= 4 is 18.3 Å². The molecule has 0 fully saturated rings. The number of halogens is 1. The van der Waals surface area contributed by atoms with Gasteiger partial charge in [0.15, 0.2) is 11.5 Å². The third kappa shape index (κ3) is 5.32. The molecular formula is C14H23ClN2O4. The first kappa shape index (κ1) is 19.3. The van der Waals surface area contributed by atoms with Gasteiger partial charge >= 0.3 is 0 Å². The normalized spacial score (nSPS) is 9.52. The molecule has 7 heteroatoms. The number of rotatable bonds is 8. The lowest BCUT2D eigenvalue weighted by Crippen LogP contribution is -2.25. The molecule has 0 atom stereocenters. The third-order valence-corrected chi connectivity index (χ3v) is 2.87. The molecule has 0 heterocycles. The summed E-state index contributed by atoms with van der Waals surface area (Å²) in [4.78, 5) is 12.1. The van der Waals surface area contributed by atoms with E-state index < -0.39 is 0 Å². The SMILES string of the molecule is COc1cc(OC)c(C(=O)NCCCCN)cc1OC.Cl. The van der Waals surface area contributed by atoms with E-state index in [0.717, 1.165) is 12.8 Å². The van der Waals surface area contributed by atoms with Gasteiger partial charge in [-0.25, -0.2) is 0 Å². The van der Waals surface area contributed by atoms with E-state index in [9.17, 15) is 4.79 Å². The Kier molecular flexibility index (Phi) is 9.32. The summed E-state index contributed by atoms with van der Waals surface area (Å²) in [5.74, 6) is 1.24. The van der Waals surface area contributed by atoms with Crippen molar-refractivity contribution in [2.24, 2.45) is 5.73 Å². The summed E-state index contributed by atoms with van der Waals surface area (Å²) in [5, 5.41) is 2.83. The van der Waals surface area contributed by atoms with Crippen LogP contribution in [-0.2, 0) is 0 Å². The second-order valence-electron chi connectivity index (χ2n) is 4.16. The van der Waals surface area contributed by atoms with E-state index in [1.54, 1.807) is 12.1 Å². The van der Waals surface area contributed by atoms with Gasteiger partial charge in [0.05, 0.1) is 26.9 Å². The highest BCUT2D eigenvalue weighted by Crippen LogP contribution is 2.34. The maximum atomic E-state index is 12.1. The van der Waals surface area contributed by atoms with Crippen molar-refractivity contribution in [1.29, 1.82) is 0 Å². The van der Waals surface area contributed by atoms with E-state index in [2.05, 4.69) is 5.32 Å². The molecule has 3 N–H and O–H groups in total. The van der Waals surface area contributed by atoms with Gasteiger partial charge in [-0.05, 0) is 19.4 Å². The summed E-state index contributed by atoms with van der Waals surface area (Å²) in [5.41, 5.74) is 5.82. The highest BCUT2D eigenvalue weighted by Gasteiger charge is 2.17. The van der Waals surface area contributed by atoms with Crippen LogP contribution >= 0.6 is 12.4 Å². The molecule has 0 radical (unpaired) electrons. The molecular weight excluding hydrogens is 296 g/mol. The van der Waals surface area contributed by atoms with E-state index in [1.165, 1.54) is 21.3 Å².